The number of hydrogen-bond acceptors (Lipinski definition) is 5. The highest BCUT2D eigenvalue weighted by molar-refractivity contribution is 7.99. The van der Waals surface area contributed by atoms with Crippen molar-refractivity contribution in [3.05, 3.63) is 81.5 Å². The van der Waals surface area contributed by atoms with Gasteiger partial charge in [-0.25, -0.2) is 9.37 Å². The summed E-state index contributed by atoms with van der Waals surface area (Å²) in [6.07, 6.45) is 0. The van der Waals surface area contributed by atoms with Gasteiger partial charge in [0.25, 0.3) is 5.56 Å². The van der Waals surface area contributed by atoms with E-state index in [2.05, 4.69) is 10.4 Å². The second-order valence-electron chi connectivity index (χ2n) is 7.71. The molecule has 0 atom stereocenters. The lowest BCUT2D eigenvalue weighted by atomic mass is 10.1. The number of carbonyl (C=O) groups is 1. The molecule has 0 saturated carbocycles. The molecule has 7 nitrogen and oxygen atoms in total. The third-order valence-electron chi connectivity index (χ3n) is 5.20. The molecule has 0 radical (unpaired) electrons. The minimum Gasteiger partial charge on any atom is -0.325 e. The molecule has 0 unspecified atom stereocenters. The summed E-state index contributed by atoms with van der Waals surface area (Å²) in [6, 6.07) is 13.5. The minimum absolute atomic E-state index is 0.0458. The maximum Gasteiger partial charge on any atom is 0.280 e. The number of carbonyl (C=O) groups excluding carboxylic acids is 1. The van der Waals surface area contributed by atoms with Crippen molar-refractivity contribution in [1.29, 1.82) is 0 Å². The zero-order valence-corrected chi connectivity index (χ0v) is 19.4. The SMILES string of the molecule is CCn1nc(C)c2nc(SCC(=O)Nc3ccc(F)cc3)n(Cc3ccc(C)cc3)c(=O)c21. The Bertz CT molecular complexity index is 1360. The number of amides is 1. The molecule has 0 spiro atoms. The summed E-state index contributed by atoms with van der Waals surface area (Å²) in [5.74, 6) is -0.601. The van der Waals surface area contributed by atoms with Crippen LogP contribution in [0.2, 0.25) is 0 Å². The van der Waals surface area contributed by atoms with Crippen LogP contribution in [0.15, 0.2) is 58.5 Å². The van der Waals surface area contributed by atoms with Crippen LogP contribution in [0.3, 0.4) is 0 Å². The number of hydrogen-bond donors (Lipinski definition) is 1. The van der Waals surface area contributed by atoms with Crippen molar-refractivity contribution in [2.75, 3.05) is 11.1 Å². The van der Waals surface area contributed by atoms with E-state index in [1.165, 1.54) is 36.0 Å². The van der Waals surface area contributed by atoms with Crippen molar-refractivity contribution in [1.82, 2.24) is 19.3 Å². The fraction of sp³-hybridized carbons (Fsp3) is 0.250. The second-order valence-corrected chi connectivity index (χ2v) is 8.66. The zero-order valence-electron chi connectivity index (χ0n) is 18.6. The van der Waals surface area contributed by atoms with Crippen LogP contribution >= 0.6 is 11.8 Å². The third kappa shape index (κ3) is 4.98. The maximum absolute atomic E-state index is 13.5. The Morgan fingerprint density at radius 2 is 1.79 bits per heavy atom. The molecule has 2 aromatic heterocycles. The van der Waals surface area contributed by atoms with E-state index < -0.39 is 0 Å². The van der Waals surface area contributed by atoms with Gasteiger partial charge in [0.2, 0.25) is 5.91 Å². The second kappa shape index (κ2) is 9.58. The number of aryl methyl sites for hydroxylation is 3. The van der Waals surface area contributed by atoms with Crippen molar-refractivity contribution < 1.29 is 9.18 Å². The number of anilines is 1. The molecule has 2 heterocycles. The molecule has 0 bridgehead atoms. The van der Waals surface area contributed by atoms with Crippen LogP contribution in [-0.4, -0.2) is 31.0 Å². The van der Waals surface area contributed by atoms with Gasteiger partial charge >= 0.3 is 0 Å². The van der Waals surface area contributed by atoms with Crippen LogP contribution in [0.25, 0.3) is 11.0 Å². The van der Waals surface area contributed by atoms with Gasteiger partial charge in [0.05, 0.1) is 18.0 Å². The van der Waals surface area contributed by atoms with Crippen LogP contribution in [-0.2, 0) is 17.9 Å². The van der Waals surface area contributed by atoms with Crippen LogP contribution in [0.4, 0.5) is 10.1 Å². The van der Waals surface area contributed by atoms with Gasteiger partial charge in [-0.15, -0.1) is 0 Å². The number of rotatable bonds is 7. The first-order valence-corrected chi connectivity index (χ1v) is 11.6. The van der Waals surface area contributed by atoms with Gasteiger partial charge in [-0.05, 0) is 50.6 Å². The summed E-state index contributed by atoms with van der Waals surface area (Å²) in [7, 11) is 0. The van der Waals surface area contributed by atoms with Gasteiger partial charge in [-0.3, -0.25) is 18.8 Å². The van der Waals surface area contributed by atoms with E-state index in [1.54, 1.807) is 9.25 Å². The van der Waals surface area contributed by atoms with Crippen molar-refractivity contribution in [3.8, 4) is 0 Å². The largest absolute Gasteiger partial charge is 0.325 e. The Morgan fingerprint density at radius 3 is 2.45 bits per heavy atom. The lowest BCUT2D eigenvalue weighted by molar-refractivity contribution is -0.113. The molecule has 4 rings (SSSR count). The van der Waals surface area contributed by atoms with Crippen molar-refractivity contribution in [2.24, 2.45) is 0 Å². The molecule has 1 N–H and O–H groups in total. The number of benzene rings is 2. The molecule has 0 aliphatic carbocycles. The average Bonchev–Trinajstić information content (AvgIpc) is 3.13. The molecular weight excluding hydrogens is 441 g/mol. The standard InChI is InChI=1S/C24H24FN5O2S/c1-4-30-22-21(16(3)28-30)27-24(29(23(22)32)13-17-7-5-15(2)6-8-17)33-14-20(31)26-19-11-9-18(25)10-12-19/h5-12H,4,13-14H2,1-3H3,(H,26,31). The molecule has 1 amide bonds. The van der Waals surface area contributed by atoms with Gasteiger partial charge in [-0.1, -0.05) is 41.6 Å². The molecule has 0 fully saturated rings. The monoisotopic (exact) mass is 465 g/mol. The first kappa shape index (κ1) is 22.7. The molecule has 0 aliphatic heterocycles. The topological polar surface area (TPSA) is 81.8 Å². The number of halogens is 1. The molecule has 0 aliphatic rings. The van der Waals surface area contributed by atoms with Gasteiger partial charge in [0.1, 0.15) is 11.3 Å². The average molecular weight is 466 g/mol. The van der Waals surface area contributed by atoms with E-state index >= 15 is 0 Å². The van der Waals surface area contributed by atoms with E-state index in [4.69, 9.17) is 4.98 Å². The van der Waals surface area contributed by atoms with Crippen molar-refractivity contribution in [2.45, 2.75) is 39.0 Å². The Morgan fingerprint density at radius 1 is 1.09 bits per heavy atom. The van der Waals surface area contributed by atoms with E-state index in [0.717, 1.165) is 11.1 Å². The molecule has 170 valence electrons. The first-order chi connectivity index (χ1) is 15.9. The predicted octanol–water partition coefficient (Wildman–Crippen LogP) is 4.15. The molecule has 2 aromatic carbocycles. The van der Waals surface area contributed by atoms with Crippen molar-refractivity contribution in [3.63, 3.8) is 0 Å². The number of aromatic nitrogens is 4. The number of fused-ring (bicyclic) bond motifs is 1. The van der Waals surface area contributed by atoms with E-state index in [-0.39, 0.29) is 23.0 Å². The van der Waals surface area contributed by atoms with Crippen molar-refractivity contribution >= 4 is 34.4 Å². The van der Waals surface area contributed by atoms with Crippen LogP contribution in [0.1, 0.15) is 23.7 Å². The fourth-order valence-electron chi connectivity index (χ4n) is 3.50. The van der Waals surface area contributed by atoms with E-state index in [0.29, 0.717) is 40.7 Å². The van der Waals surface area contributed by atoms with Crippen LogP contribution < -0.4 is 10.9 Å². The lowest BCUT2D eigenvalue weighted by Gasteiger charge is -2.13. The first-order valence-electron chi connectivity index (χ1n) is 10.6. The molecule has 33 heavy (non-hydrogen) atoms. The molecule has 0 saturated heterocycles. The summed E-state index contributed by atoms with van der Waals surface area (Å²) in [6.45, 7) is 6.64. The Balaban J connectivity index is 1.66. The smallest absolute Gasteiger partial charge is 0.280 e. The van der Waals surface area contributed by atoms with Gasteiger partial charge in [0, 0.05) is 12.2 Å². The third-order valence-corrected chi connectivity index (χ3v) is 6.18. The minimum atomic E-state index is -0.372. The Labute approximate surface area is 194 Å². The summed E-state index contributed by atoms with van der Waals surface area (Å²) >= 11 is 1.18. The summed E-state index contributed by atoms with van der Waals surface area (Å²) in [5, 5.41) is 7.63. The van der Waals surface area contributed by atoms with Gasteiger partial charge in [0.15, 0.2) is 10.7 Å². The quantitative estimate of drug-likeness (QED) is 0.328. The van der Waals surface area contributed by atoms with Gasteiger partial charge < -0.3 is 5.32 Å². The van der Waals surface area contributed by atoms with Gasteiger partial charge in [-0.2, -0.15) is 5.10 Å². The molecule has 4 aromatic rings. The normalized spacial score (nSPS) is 11.2. The number of nitrogens with zero attached hydrogens (tertiary/aromatic N) is 4. The Hall–Kier alpha value is -3.46. The highest BCUT2D eigenvalue weighted by atomic mass is 32.2. The summed E-state index contributed by atoms with van der Waals surface area (Å²) in [5.41, 5.74) is 4.08. The lowest BCUT2D eigenvalue weighted by Crippen LogP contribution is -2.26. The van der Waals surface area contributed by atoms with E-state index in [1.807, 2.05) is 45.0 Å². The zero-order chi connectivity index (χ0) is 23.5. The Kier molecular flexibility index (Phi) is 6.60. The highest BCUT2D eigenvalue weighted by Crippen LogP contribution is 2.21. The molecule has 9 heteroatoms. The van der Waals surface area contributed by atoms with E-state index in [9.17, 15) is 14.0 Å². The summed E-state index contributed by atoms with van der Waals surface area (Å²) < 4.78 is 16.4. The predicted molar refractivity (Wildman–Crippen MR) is 128 cm³/mol. The van der Waals surface area contributed by atoms with Crippen LogP contribution in [0, 0.1) is 19.7 Å². The highest BCUT2D eigenvalue weighted by Gasteiger charge is 2.19. The molecular formula is C24H24FN5O2S. The van der Waals surface area contributed by atoms with Crippen LogP contribution in [0.5, 0.6) is 0 Å². The summed E-state index contributed by atoms with van der Waals surface area (Å²) in [4.78, 5) is 30.7. The maximum atomic E-state index is 13.5. The number of thioether (sulfide) groups is 1. The fourth-order valence-corrected chi connectivity index (χ4v) is 4.29. The number of nitrogens with one attached hydrogen (secondary N) is 1.